The van der Waals surface area contributed by atoms with Crippen LogP contribution in [0.25, 0.3) is 11.1 Å². The fourth-order valence-electron chi connectivity index (χ4n) is 3.50. The number of hydrogen-bond donors (Lipinski definition) is 2. The van der Waals surface area contributed by atoms with E-state index in [1.54, 1.807) is 25.3 Å². The number of rotatable bonds is 7. The number of hydrogen-bond acceptors (Lipinski definition) is 5. The van der Waals surface area contributed by atoms with Gasteiger partial charge in [0.2, 0.25) is 5.88 Å². The van der Waals surface area contributed by atoms with Crippen LogP contribution >= 0.6 is 11.6 Å². The summed E-state index contributed by atoms with van der Waals surface area (Å²) in [6, 6.07) is 8.82. The number of ether oxygens (including phenoxy) is 2. The van der Waals surface area contributed by atoms with E-state index in [1.807, 2.05) is 19.1 Å². The molecule has 7 heteroatoms. The van der Waals surface area contributed by atoms with Crippen molar-refractivity contribution in [2.75, 3.05) is 13.7 Å². The van der Waals surface area contributed by atoms with Crippen molar-refractivity contribution in [2.24, 2.45) is 0 Å². The molecule has 1 aromatic heterocycles. The molecule has 1 aromatic carbocycles. The van der Waals surface area contributed by atoms with E-state index >= 15 is 0 Å². The van der Waals surface area contributed by atoms with E-state index in [1.165, 1.54) is 6.20 Å². The summed E-state index contributed by atoms with van der Waals surface area (Å²) in [4.78, 5) is 17.2. The number of aromatic nitrogens is 1. The summed E-state index contributed by atoms with van der Waals surface area (Å²) in [6.07, 6.45) is 4.27. The molecule has 1 aliphatic carbocycles. The Balaban J connectivity index is 1.87. The van der Waals surface area contributed by atoms with Crippen LogP contribution in [0.15, 0.2) is 36.5 Å². The lowest BCUT2D eigenvalue weighted by Gasteiger charge is -2.28. The van der Waals surface area contributed by atoms with Crippen LogP contribution in [0.5, 0.6) is 5.88 Å². The number of aliphatic hydroxyl groups is 1. The molecule has 1 fully saturated rings. The maximum Gasteiger partial charge on any atom is 0.253 e. The Kier molecular flexibility index (Phi) is 7.47. The second-order valence-corrected chi connectivity index (χ2v) is 7.84. The van der Waals surface area contributed by atoms with Gasteiger partial charge in [0.1, 0.15) is 6.10 Å². The molecular weight excluding hydrogens is 392 g/mol. The zero-order valence-electron chi connectivity index (χ0n) is 16.7. The average Bonchev–Trinajstić information content (AvgIpc) is 2.71. The van der Waals surface area contributed by atoms with Crippen molar-refractivity contribution in [3.63, 3.8) is 0 Å². The second kappa shape index (κ2) is 10.1. The Labute approximate surface area is 176 Å². The average molecular weight is 419 g/mol. The minimum absolute atomic E-state index is 0.199. The topological polar surface area (TPSA) is 80.7 Å². The molecule has 1 saturated carbocycles. The summed E-state index contributed by atoms with van der Waals surface area (Å²) < 4.78 is 11.1. The predicted octanol–water partition coefficient (Wildman–Crippen LogP) is 3.85. The number of benzene rings is 1. The molecular formula is C22H27ClN2O4. The zero-order valence-corrected chi connectivity index (χ0v) is 17.5. The van der Waals surface area contributed by atoms with Gasteiger partial charge in [-0.15, -0.1) is 0 Å². The normalized spacial score (nSPS) is 20.1. The van der Waals surface area contributed by atoms with Crippen LogP contribution in [-0.4, -0.2) is 48.0 Å². The van der Waals surface area contributed by atoms with Crippen molar-refractivity contribution >= 4 is 17.5 Å². The minimum Gasteiger partial charge on any atom is -0.472 e. The molecule has 29 heavy (non-hydrogen) atoms. The van der Waals surface area contributed by atoms with Gasteiger partial charge in [-0.05, 0) is 43.5 Å². The van der Waals surface area contributed by atoms with Gasteiger partial charge in [-0.1, -0.05) is 36.6 Å². The van der Waals surface area contributed by atoms with Crippen molar-refractivity contribution in [3.8, 4) is 17.0 Å². The number of carbonyl (C=O) groups is 1. The van der Waals surface area contributed by atoms with Crippen molar-refractivity contribution in [2.45, 2.75) is 50.9 Å². The highest BCUT2D eigenvalue weighted by molar-refractivity contribution is 6.30. The molecule has 0 radical (unpaired) electrons. The Morgan fingerprint density at radius 3 is 2.72 bits per heavy atom. The number of methoxy groups -OCH3 is 1. The van der Waals surface area contributed by atoms with Gasteiger partial charge >= 0.3 is 0 Å². The van der Waals surface area contributed by atoms with E-state index in [4.69, 9.17) is 21.1 Å². The predicted molar refractivity (Wildman–Crippen MR) is 112 cm³/mol. The number of amides is 1. The molecule has 1 heterocycles. The number of nitrogens with one attached hydrogen (secondary N) is 1. The highest BCUT2D eigenvalue weighted by Crippen LogP contribution is 2.31. The summed E-state index contributed by atoms with van der Waals surface area (Å²) in [6.45, 7) is 2.31. The molecule has 6 nitrogen and oxygen atoms in total. The summed E-state index contributed by atoms with van der Waals surface area (Å²) >= 11 is 6.02. The molecule has 0 bridgehead atoms. The monoisotopic (exact) mass is 418 g/mol. The van der Waals surface area contributed by atoms with Crippen molar-refractivity contribution < 1.29 is 19.4 Å². The van der Waals surface area contributed by atoms with Crippen molar-refractivity contribution in [1.82, 2.24) is 10.3 Å². The van der Waals surface area contributed by atoms with E-state index < -0.39 is 6.10 Å². The van der Waals surface area contributed by atoms with Gasteiger partial charge in [0.25, 0.3) is 5.91 Å². The van der Waals surface area contributed by atoms with Gasteiger partial charge in [0.15, 0.2) is 0 Å². The van der Waals surface area contributed by atoms with E-state index in [-0.39, 0.29) is 18.1 Å². The van der Waals surface area contributed by atoms with E-state index in [0.717, 1.165) is 24.8 Å². The van der Waals surface area contributed by atoms with Crippen molar-refractivity contribution in [3.05, 3.63) is 47.1 Å². The molecule has 3 atom stereocenters. The Morgan fingerprint density at radius 2 is 2.03 bits per heavy atom. The highest BCUT2D eigenvalue weighted by Gasteiger charge is 2.25. The molecule has 2 N–H and O–H groups in total. The van der Waals surface area contributed by atoms with Gasteiger partial charge in [-0.25, -0.2) is 4.98 Å². The molecule has 1 unspecified atom stereocenters. The van der Waals surface area contributed by atoms with E-state index in [2.05, 4.69) is 10.3 Å². The lowest BCUT2D eigenvalue weighted by atomic mass is 9.92. The summed E-state index contributed by atoms with van der Waals surface area (Å²) in [5, 5.41) is 13.7. The summed E-state index contributed by atoms with van der Waals surface area (Å²) in [5.41, 5.74) is 1.95. The third kappa shape index (κ3) is 5.69. The molecule has 0 spiro atoms. The number of nitrogens with zero attached hydrogens (tertiary/aromatic N) is 1. The van der Waals surface area contributed by atoms with Gasteiger partial charge in [-0.2, -0.15) is 0 Å². The van der Waals surface area contributed by atoms with E-state index in [9.17, 15) is 9.90 Å². The van der Waals surface area contributed by atoms with E-state index in [0.29, 0.717) is 35.1 Å². The zero-order chi connectivity index (χ0) is 20.8. The smallest absolute Gasteiger partial charge is 0.253 e. The fourth-order valence-corrected chi connectivity index (χ4v) is 3.62. The van der Waals surface area contributed by atoms with Crippen LogP contribution in [0.4, 0.5) is 0 Å². The molecule has 3 rings (SSSR count). The van der Waals surface area contributed by atoms with Crippen LogP contribution in [0.2, 0.25) is 5.02 Å². The first-order chi connectivity index (χ1) is 14.0. The molecule has 0 aliphatic heterocycles. The van der Waals surface area contributed by atoms with Crippen LogP contribution in [0, 0.1) is 0 Å². The Hall–Kier alpha value is -2.15. The largest absolute Gasteiger partial charge is 0.472 e. The lowest BCUT2D eigenvalue weighted by molar-refractivity contribution is 0.0716. The lowest BCUT2D eigenvalue weighted by Crippen LogP contribution is -2.45. The minimum atomic E-state index is -0.506. The Morgan fingerprint density at radius 1 is 1.31 bits per heavy atom. The number of halogens is 1. The maximum absolute atomic E-state index is 12.8. The number of carbonyl (C=O) groups excluding carboxylic acids is 1. The first-order valence-electron chi connectivity index (χ1n) is 9.88. The third-order valence-corrected chi connectivity index (χ3v) is 5.28. The molecule has 156 valence electrons. The Bertz CT molecular complexity index is 828. The number of aliphatic hydroxyl groups excluding tert-OH is 1. The van der Waals surface area contributed by atoms with Crippen molar-refractivity contribution in [1.29, 1.82) is 0 Å². The first-order valence-corrected chi connectivity index (χ1v) is 10.3. The molecule has 0 saturated heterocycles. The quantitative estimate of drug-likeness (QED) is 0.713. The van der Waals surface area contributed by atoms with Crippen LogP contribution in [-0.2, 0) is 4.74 Å². The number of pyridine rings is 1. The maximum atomic E-state index is 12.8. The third-order valence-electron chi connectivity index (χ3n) is 5.03. The van der Waals surface area contributed by atoms with Gasteiger partial charge in [-0.3, -0.25) is 4.79 Å². The molecule has 1 aliphatic rings. The van der Waals surface area contributed by atoms with Gasteiger partial charge in [0.05, 0.1) is 24.3 Å². The van der Waals surface area contributed by atoms with Gasteiger partial charge in [0, 0.05) is 23.9 Å². The fraction of sp³-hybridized carbons (Fsp3) is 0.455. The van der Waals surface area contributed by atoms with Crippen LogP contribution in [0.3, 0.4) is 0 Å². The molecule has 1 amide bonds. The summed E-state index contributed by atoms with van der Waals surface area (Å²) in [5.74, 6) is 0.168. The van der Waals surface area contributed by atoms with Crippen LogP contribution < -0.4 is 10.1 Å². The molecule has 2 aromatic rings. The first kappa shape index (κ1) is 21.6. The second-order valence-electron chi connectivity index (χ2n) is 7.40. The standard InChI is InChI=1S/C22H27ClN2O4/c1-14(13-28-2)29-22-18(15-7-9-17(23)10-8-15)11-16(12-24-22)21(27)25-19-5-3-4-6-20(19)26/h7-12,14,19-20,26H,3-6,13H2,1-2H3,(H,25,27)/t14-,19?,20-/m1/s1. The SMILES string of the molecule is COC[C@@H](C)Oc1ncc(C(=O)NC2CCCC[C@H]2O)cc1-c1ccc(Cl)cc1. The van der Waals surface area contributed by atoms with Crippen LogP contribution in [0.1, 0.15) is 43.0 Å². The summed E-state index contributed by atoms with van der Waals surface area (Å²) in [7, 11) is 1.61. The van der Waals surface area contributed by atoms with Gasteiger partial charge < -0.3 is 19.9 Å². The highest BCUT2D eigenvalue weighted by atomic mass is 35.5.